The number of nitriles is 1. The van der Waals surface area contributed by atoms with Gasteiger partial charge in [0.1, 0.15) is 11.8 Å². The number of hydrogen-bond acceptors (Lipinski definition) is 7. The molecule has 0 radical (unpaired) electrons. The van der Waals surface area contributed by atoms with Gasteiger partial charge in [0.25, 0.3) is 5.91 Å². The van der Waals surface area contributed by atoms with Crippen molar-refractivity contribution in [1.82, 2.24) is 10.2 Å². The number of halogens is 1. The molecule has 0 saturated carbocycles. The van der Waals surface area contributed by atoms with E-state index in [1.54, 1.807) is 78.9 Å². The van der Waals surface area contributed by atoms with Crippen molar-refractivity contribution in [2.75, 3.05) is 5.32 Å². The first-order chi connectivity index (χ1) is 16.5. The first-order valence-electron chi connectivity index (χ1n) is 9.92. The van der Waals surface area contributed by atoms with Crippen molar-refractivity contribution in [2.45, 2.75) is 0 Å². The minimum Gasteiger partial charge on any atom is -0.423 e. The molecule has 1 N–H and O–H groups in total. The van der Waals surface area contributed by atoms with Gasteiger partial charge < -0.3 is 4.74 Å². The number of anilines is 1. The highest BCUT2D eigenvalue weighted by molar-refractivity contribution is 7.16. The van der Waals surface area contributed by atoms with Gasteiger partial charge in [0.15, 0.2) is 5.01 Å². The average molecular weight is 487 g/mol. The maximum absolute atomic E-state index is 12.3. The number of carbonyl (C=O) groups excluding carboxylic acids is 2. The standard InChI is InChI=1S/C25H15ClN4O3S/c26-20-10-8-18(9-11-20)24(32)33-21-12-6-16(7-13-21)14-19(15-27)23-29-30-25(34-23)28-22(31)17-4-2-1-3-5-17/h1-14H,(H,28,30,31). The zero-order chi connectivity index (χ0) is 23.9. The lowest BCUT2D eigenvalue weighted by molar-refractivity contribution is 0.0734. The number of hydrogen-bond donors (Lipinski definition) is 1. The van der Waals surface area contributed by atoms with Crippen LogP contribution in [0.25, 0.3) is 11.6 Å². The van der Waals surface area contributed by atoms with E-state index >= 15 is 0 Å². The van der Waals surface area contributed by atoms with Crippen LogP contribution in [0.5, 0.6) is 5.75 Å². The van der Waals surface area contributed by atoms with Crippen LogP contribution in [0, 0.1) is 11.3 Å². The fourth-order valence-electron chi connectivity index (χ4n) is 2.83. The highest BCUT2D eigenvalue weighted by atomic mass is 35.5. The minimum absolute atomic E-state index is 0.281. The van der Waals surface area contributed by atoms with Gasteiger partial charge in [-0.2, -0.15) is 5.26 Å². The molecule has 0 saturated heterocycles. The van der Waals surface area contributed by atoms with E-state index in [2.05, 4.69) is 21.6 Å². The predicted molar refractivity (Wildman–Crippen MR) is 131 cm³/mol. The molecule has 0 aliphatic rings. The van der Waals surface area contributed by atoms with Crippen LogP contribution in [-0.4, -0.2) is 22.1 Å². The van der Waals surface area contributed by atoms with Gasteiger partial charge >= 0.3 is 5.97 Å². The molecule has 1 aromatic heterocycles. The van der Waals surface area contributed by atoms with Crippen molar-refractivity contribution in [1.29, 1.82) is 5.26 Å². The van der Waals surface area contributed by atoms with Gasteiger partial charge in [-0.25, -0.2) is 4.79 Å². The van der Waals surface area contributed by atoms with E-state index in [1.807, 2.05) is 6.07 Å². The summed E-state index contributed by atoms with van der Waals surface area (Å²) in [6.07, 6.45) is 1.63. The quantitative estimate of drug-likeness (QED) is 0.212. The van der Waals surface area contributed by atoms with Crippen LogP contribution >= 0.6 is 22.9 Å². The summed E-state index contributed by atoms with van der Waals surface area (Å²) in [5, 5.41) is 21.4. The number of rotatable bonds is 6. The summed E-state index contributed by atoms with van der Waals surface area (Å²) in [5.41, 5.74) is 1.86. The molecule has 166 valence electrons. The molecular formula is C25H15ClN4O3S. The second kappa shape index (κ2) is 10.5. The Kier molecular flexibility index (Phi) is 7.08. The van der Waals surface area contributed by atoms with Gasteiger partial charge in [0.05, 0.1) is 11.1 Å². The van der Waals surface area contributed by atoms with E-state index in [0.29, 0.717) is 32.5 Å². The molecule has 0 spiro atoms. The number of nitrogens with zero attached hydrogens (tertiary/aromatic N) is 3. The summed E-state index contributed by atoms with van der Waals surface area (Å²) in [7, 11) is 0. The van der Waals surface area contributed by atoms with Crippen molar-refractivity contribution in [2.24, 2.45) is 0 Å². The summed E-state index contributed by atoms with van der Waals surface area (Å²) in [6.45, 7) is 0. The van der Waals surface area contributed by atoms with Crippen molar-refractivity contribution in [3.63, 3.8) is 0 Å². The van der Waals surface area contributed by atoms with Crippen molar-refractivity contribution in [3.05, 3.63) is 106 Å². The lowest BCUT2D eigenvalue weighted by atomic mass is 10.1. The van der Waals surface area contributed by atoms with Crippen LogP contribution in [0.15, 0.2) is 78.9 Å². The normalized spacial score (nSPS) is 10.9. The molecule has 0 aliphatic carbocycles. The monoisotopic (exact) mass is 486 g/mol. The molecule has 0 aliphatic heterocycles. The van der Waals surface area contributed by atoms with Gasteiger partial charge in [-0.15, -0.1) is 10.2 Å². The number of allylic oxidation sites excluding steroid dienone is 1. The third-order valence-corrected chi connectivity index (χ3v) is 5.64. The third-order valence-electron chi connectivity index (χ3n) is 4.51. The molecular weight excluding hydrogens is 472 g/mol. The molecule has 7 nitrogen and oxygen atoms in total. The lowest BCUT2D eigenvalue weighted by Crippen LogP contribution is -2.11. The number of ether oxygens (including phenoxy) is 1. The molecule has 1 heterocycles. The van der Waals surface area contributed by atoms with E-state index in [1.165, 1.54) is 0 Å². The second-order valence-electron chi connectivity index (χ2n) is 6.87. The van der Waals surface area contributed by atoms with Crippen molar-refractivity contribution >= 4 is 51.6 Å². The molecule has 9 heteroatoms. The molecule has 0 bridgehead atoms. The molecule has 0 fully saturated rings. The van der Waals surface area contributed by atoms with E-state index < -0.39 is 5.97 Å². The van der Waals surface area contributed by atoms with Crippen LogP contribution in [0.1, 0.15) is 31.3 Å². The SMILES string of the molecule is N#CC(=Cc1ccc(OC(=O)c2ccc(Cl)cc2)cc1)c1nnc(NC(=O)c2ccccc2)s1. The summed E-state index contributed by atoms with van der Waals surface area (Å²) in [6, 6.07) is 23.9. The summed E-state index contributed by atoms with van der Waals surface area (Å²) < 4.78 is 5.36. The van der Waals surface area contributed by atoms with Gasteiger partial charge in [0, 0.05) is 10.6 Å². The maximum atomic E-state index is 12.3. The Morgan fingerprint density at radius 3 is 2.32 bits per heavy atom. The van der Waals surface area contributed by atoms with E-state index in [9.17, 15) is 14.9 Å². The highest BCUT2D eigenvalue weighted by Gasteiger charge is 2.13. The molecule has 0 unspecified atom stereocenters. The van der Waals surface area contributed by atoms with Crippen LogP contribution in [0.3, 0.4) is 0 Å². The summed E-state index contributed by atoms with van der Waals surface area (Å²) in [5.74, 6) is -0.455. The third kappa shape index (κ3) is 5.72. The number of amides is 1. The Labute approximate surface area is 203 Å². The van der Waals surface area contributed by atoms with Crippen molar-refractivity contribution < 1.29 is 14.3 Å². The van der Waals surface area contributed by atoms with Gasteiger partial charge in [-0.1, -0.05) is 53.3 Å². The molecule has 4 aromatic rings. The molecule has 3 aromatic carbocycles. The first-order valence-corrected chi connectivity index (χ1v) is 11.1. The average Bonchev–Trinajstić information content (AvgIpc) is 3.32. The fraction of sp³-hybridized carbons (Fsp3) is 0. The molecule has 34 heavy (non-hydrogen) atoms. The second-order valence-corrected chi connectivity index (χ2v) is 8.28. The van der Waals surface area contributed by atoms with Gasteiger partial charge in [-0.3, -0.25) is 10.1 Å². The highest BCUT2D eigenvalue weighted by Crippen LogP contribution is 2.25. The number of aromatic nitrogens is 2. The van der Waals surface area contributed by atoms with Gasteiger partial charge in [0.2, 0.25) is 5.13 Å². The zero-order valence-electron chi connectivity index (χ0n) is 17.4. The fourth-order valence-corrected chi connectivity index (χ4v) is 3.66. The molecule has 1 amide bonds. The Morgan fingerprint density at radius 2 is 1.65 bits per heavy atom. The van der Waals surface area contributed by atoms with Crippen molar-refractivity contribution in [3.8, 4) is 11.8 Å². The first kappa shape index (κ1) is 22.9. The van der Waals surface area contributed by atoms with Gasteiger partial charge in [-0.05, 0) is 60.2 Å². The minimum atomic E-state index is -0.503. The largest absolute Gasteiger partial charge is 0.423 e. The Hall–Kier alpha value is -4.32. The topological polar surface area (TPSA) is 105 Å². The molecule has 0 atom stereocenters. The number of benzene rings is 3. The predicted octanol–water partition coefficient (Wildman–Crippen LogP) is 5.73. The van der Waals surface area contributed by atoms with Crippen LogP contribution in [0.2, 0.25) is 5.02 Å². The Balaban J connectivity index is 1.43. The number of esters is 1. The smallest absolute Gasteiger partial charge is 0.343 e. The summed E-state index contributed by atoms with van der Waals surface area (Å²) in [4.78, 5) is 24.5. The number of nitrogens with one attached hydrogen (secondary N) is 1. The zero-order valence-corrected chi connectivity index (χ0v) is 19.0. The Bertz CT molecular complexity index is 1390. The molecule has 4 rings (SSSR count). The van der Waals surface area contributed by atoms with E-state index in [-0.39, 0.29) is 16.6 Å². The summed E-state index contributed by atoms with van der Waals surface area (Å²) >= 11 is 6.93. The van der Waals surface area contributed by atoms with E-state index in [0.717, 1.165) is 11.3 Å². The number of carbonyl (C=O) groups is 2. The van der Waals surface area contributed by atoms with Crippen LogP contribution in [-0.2, 0) is 0 Å². The van der Waals surface area contributed by atoms with Crippen LogP contribution in [0.4, 0.5) is 5.13 Å². The Morgan fingerprint density at radius 1 is 0.941 bits per heavy atom. The lowest BCUT2D eigenvalue weighted by Gasteiger charge is -2.05. The van der Waals surface area contributed by atoms with Crippen LogP contribution < -0.4 is 10.1 Å². The maximum Gasteiger partial charge on any atom is 0.343 e. The van der Waals surface area contributed by atoms with E-state index in [4.69, 9.17) is 16.3 Å².